The largest absolute Gasteiger partial charge is 0.280 e. The molecule has 5 nitrogen and oxygen atoms in total. The zero-order chi connectivity index (χ0) is 20.5. The van der Waals surface area contributed by atoms with Crippen molar-refractivity contribution in [2.24, 2.45) is 0 Å². The summed E-state index contributed by atoms with van der Waals surface area (Å²) in [6.07, 6.45) is 0. The summed E-state index contributed by atoms with van der Waals surface area (Å²) in [6.45, 7) is 10.9. The van der Waals surface area contributed by atoms with Crippen molar-refractivity contribution in [3.8, 4) is 0 Å². The van der Waals surface area contributed by atoms with Gasteiger partial charge in [0.25, 0.3) is 10.0 Å². The highest BCUT2D eigenvalue weighted by molar-refractivity contribution is 7.92. The van der Waals surface area contributed by atoms with Crippen LogP contribution in [0, 0.1) is 13.8 Å². The Morgan fingerprint density at radius 1 is 1.00 bits per heavy atom. The summed E-state index contributed by atoms with van der Waals surface area (Å²) >= 11 is 0. The molecule has 0 aliphatic carbocycles. The van der Waals surface area contributed by atoms with Gasteiger partial charge in [-0.25, -0.2) is 8.42 Å². The third-order valence-electron chi connectivity index (χ3n) is 4.65. The first-order chi connectivity index (χ1) is 13.0. The molecule has 1 N–H and O–H groups in total. The van der Waals surface area contributed by atoms with Crippen LogP contribution in [-0.4, -0.2) is 18.2 Å². The highest BCUT2D eigenvalue weighted by Crippen LogP contribution is 2.24. The van der Waals surface area contributed by atoms with Crippen molar-refractivity contribution in [2.45, 2.75) is 51.5 Å². The van der Waals surface area contributed by atoms with E-state index in [0.29, 0.717) is 12.2 Å². The number of aryl methyl sites for hydroxylation is 2. The van der Waals surface area contributed by atoms with Crippen LogP contribution in [0.1, 0.15) is 43.3 Å². The van der Waals surface area contributed by atoms with E-state index in [1.165, 1.54) is 0 Å². The third kappa shape index (κ3) is 4.62. The Bertz CT molecular complexity index is 1080. The first-order valence-electron chi connectivity index (χ1n) is 9.28. The Morgan fingerprint density at radius 3 is 2.25 bits per heavy atom. The first kappa shape index (κ1) is 20.1. The standard InChI is InChI=1S/C22H27N3O2S/c1-16-13-17(2)25(23-16)15-18-7-6-8-20(14-18)24-28(26,27)21-11-9-19(10-12-21)22(3,4)5/h6-14,24H,15H2,1-5H3. The zero-order valence-electron chi connectivity index (χ0n) is 17.0. The van der Waals surface area contributed by atoms with E-state index in [9.17, 15) is 8.42 Å². The van der Waals surface area contributed by atoms with Gasteiger partial charge in [0, 0.05) is 11.4 Å². The van der Waals surface area contributed by atoms with Crippen LogP contribution in [0.15, 0.2) is 59.5 Å². The van der Waals surface area contributed by atoms with Gasteiger partial charge in [0.2, 0.25) is 0 Å². The number of hydrogen-bond acceptors (Lipinski definition) is 3. The molecule has 3 rings (SSSR count). The van der Waals surface area contributed by atoms with E-state index in [1.54, 1.807) is 18.2 Å². The van der Waals surface area contributed by atoms with Crippen molar-refractivity contribution in [3.63, 3.8) is 0 Å². The second-order valence-corrected chi connectivity index (χ2v) is 9.85. The lowest BCUT2D eigenvalue weighted by molar-refractivity contribution is 0.587. The normalized spacial score (nSPS) is 12.2. The number of nitrogens with one attached hydrogen (secondary N) is 1. The Morgan fingerprint density at radius 2 is 1.68 bits per heavy atom. The summed E-state index contributed by atoms with van der Waals surface area (Å²) in [5.41, 5.74) is 4.63. The van der Waals surface area contributed by atoms with E-state index in [1.807, 2.05) is 54.9 Å². The lowest BCUT2D eigenvalue weighted by Gasteiger charge is -2.19. The average molecular weight is 398 g/mol. The molecule has 6 heteroatoms. The van der Waals surface area contributed by atoms with E-state index < -0.39 is 10.0 Å². The van der Waals surface area contributed by atoms with Crippen LogP contribution in [0.2, 0.25) is 0 Å². The van der Waals surface area contributed by atoms with Gasteiger partial charge < -0.3 is 0 Å². The monoisotopic (exact) mass is 397 g/mol. The predicted molar refractivity (Wildman–Crippen MR) is 113 cm³/mol. The highest BCUT2D eigenvalue weighted by atomic mass is 32.2. The molecule has 1 aromatic heterocycles. The molecule has 0 fully saturated rings. The maximum absolute atomic E-state index is 12.8. The van der Waals surface area contributed by atoms with Gasteiger partial charge in [-0.15, -0.1) is 0 Å². The fraction of sp³-hybridized carbons (Fsp3) is 0.318. The molecule has 0 amide bonds. The van der Waals surface area contributed by atoms with Gasteiger partial charge in [-0.3, -0.25) is 9.40 Å². The molecule has 0 unspecified atom stereocenters. The topological polar surface area (TPSA) is 64.0 Å². The molecule has 3 aromatic rings. The minimum Gasteiger partial charge on any atom is -0.280 e. The fourth-order valence-electron chi connectivity index (χ4n) is 3.09. The summed E-state index contributed by atoms with van der Waals surface area (Å²) < 4.78 is 30.1. The van der Waals surface area contributed by atoms with E-state index in [4.69, 9.17) is 0 Å². The van der Waals surface area contributed by atoms with Crippen LogP contribution in [-0.2, 0) is 22.0 Å². The molecule has 0 saturated heterocycles. The molecule has 148 valence electrons. The molecule has 0 atom stereocenters. The lowest BCUT2D eigenvalue weighted by Crippen LogP contribution is -2.15. The number of hydrogen-bond donors (Lipinski definition) is 1. The maximum Gasteiger partial charge on any atom is 0.261 e. The third-order valence-corrected chi connectivity index (χ3v) is 6.04. The van der Waals surface area contributed by atoms with Gasteiger partial charge in [0.1, 0.15) is 0 Å². The van der Waals surface area contributed by atoms with Gasteiger partial charge in [-0.2, -0.15) is 5.10 Å². The minimum atomic E-state index is -3.64. The van der Waals surface area contributed by atoms with Crippen molar-refractivity contribution in [2.75, 3.05) is 4.72 Å². The number of nitrogens with zero attached hydrogens (tertiary/aromatic N) is 2. The van der Waals surface area contributed by atoms with Gasteiger partial charge >= 0.3 is 0 Å². The van der Waals surface area contributed by atoms with Crippen LogP contribution >= 0.6 is 0 Å². The first-order valence-corrected chi connectivity index (χ1v) is 10.8. The number of benzene rings is 2. The van der Waals surface area contributed by atoms with Crippen LogP contribution in [0.25, 0.3) is 0 Å². The Labute approximate surface area is 167 Å². The van der Waals surface area contributed by atoms with Crippen molar-refractivity contribution in [3.05, 3.63) is 77.1 Å². The summed E-state index contributed by atoms with van der Waals surface area (Å²) in [5.74, 6) is 0. The second kappa shape index (κ2) is 7.43. The summed E-state index contributed by atoms with van der Waals surface area (Å²) in [7, 11) is -3.64. The van der Waals surface area contributed by atoms with Crippen LogP contribution in [0.3, 0.4) is 0 Å². The quantitative estimate of drug-likeness (QED) is 0.682. The van der Waals surface area contributed by atoms with Gasteiger partial charge in [-0.05, 0) is 60.7 Å². The molecular weight excluding hydrogens is 370 g/mol. The maximum atomic E-state index is 12.8. The molecule has 0 saturated carbocycles. The Balaban J connectivity index is 1.80. The molecule has 0 radical (unpaired) electrons. The lowest BCUT2D eigenvalue weighted by atomic mass is 9.87. The Hall–Kier alpha value is -2.60. The van der Waals surface area contributed by atoms with Crippen LogP contribution in [0.4, 0.5) is 5.69 Å². The smallest absolute Gasteiger partial charge is 0.261 e. The number of sulfonamides is 1. The molecule has 2 aromatic carbocycles. The zero-order valence-corrected chi connectivity index (χ0v) is 17.8. The summed E-state index contributed by atoms with van der Waals surface area (Å²) in [4.78, 5) is 0.254. The van der Waals surface area contributed by atoms with Crippen molar-refractivity contribution >= 4 is 15.7 Å². The summed E-state index contributed by atoms with van der Waals surface area (Å²) in [5, 5.41) is 4.46. The molecular formula is C22H27N3O2S. The van der Waals surface area contributed by atoms with Gasteiger partial charge in [-0.1, -0.05) is 45.0 Å². The Kier molecular flexibility index (Phi) is 5.35. The fourth-order valence-corrected chi connectivity index (χ4v) is 4.14. The van der Waals surface area contributed by atoms with Gasteiger partial charge in [0.05, 0.1) is 17.1 Å². The van der Waals surface area contributed by atoms with E-state index in [0.717, 1.165) is 22.5 Å². The predicted octanol–water partition coefficient (Wildman–Crippen LogP) is 4.65. The second-order valence-electron chi connectivity index (χ2n) is 8.17. The van der Waals surface area contributed by atoms with Crippen LogP contribution in [0.5, 0.6) is 0 Å². The molecule has 28 heavy (non-hydrogen) atoms. The number of aromatic nitrogens is 2. The molecule has 1 heterocycles. The van der Waals surface area contributed by atoms with Crippen molar-refractivity contribution in [1.29, 1.82) is 0 Å². The average Bonchev–Trinajstić information content (AvgIpc) is 2.91. The van der Waals surface area contributed by atoms with E-state index in [-0.39, 0.29) is 10.3 Å². The van der Waals surface area contributed by atoms with Crippen molar-refractivity contribution < 1.29 is 8.42 Å². The minimum absolute atomic E-state index is 0.0208. The highest BCUT2D eigenvalue weighted by Gasteiger charge is 2.18. The van der Waals surface area contributed by atoms with Crippen molar-refractivity contribution in [1.82, 2.24) is 9.78 Å². The number of rotatable bonds is 5. The van der Waals surface area contributed by atoms with E-state index in [2.05, 4.69) is 30.6 Å². The van der Waals surface area contributed by atoms with Crippen LogP contribution < -0.4 is 4.72 Å². The molecule has 0 aliphatic rings. The molecule has 0 spiro atoms. The number of anilines is 1. The van der Waals surface area contributed by atoms with Gasteiger partial charge in [0.15, 0.2) is 0 Å². The molecule has 0 bridgehead atoms. The SMILES string of the molecule is Cc1cc(C)n(Cc2cccc(NS(=O)(=O)c3ccc(C(C)(C)C)cc3)c2)n1. The molecule has 0 aliphatic heterocycles. The van der Waals surface area contributed by atoms with E-state index >= 15 is 0 Å². The summed E-state index contributed by atoms with van der Waals surface area (Å²) in [6, 6.07) is 16.5.